The normalized spacial score (nSPS) is 32.4. The highest BCUT2D eigenvalue weighted by Crippen LogP contribution is 2.44. The summed E-state index contributed by atoms with van der Waals surface area (Å²) in [7, 11) is 0. The fraction of sp³-hybridized carbons (Fsp3) is 0.538. The van der Waals surface area contributed by atoms with E-state index in [-0.39, 0.29) is 0 Å². The van der Waals surface area contributed by atoms with Gasteiger partial charge in [0.15, 0.2) is 0 Å². The molecule has 2 bridgehead atoms. The first-order valence-corrected chi connectivity index (χ1v) is 6.83. The number of halogens is 1. The van der Waals surface area contributed by atoms with Gasteiger partial charge in [-0.15, -0.1) is 0 Å². The maximum absolute atomic E-state index is 5.93. The second-order valence-electron chi connectivity index (χ2n) is 4.92. The molecule has 2 fully saturated rings. The van der Waals surface area contributed by atoms with Gasteiger partial charge in [0.25, 0.3) is 0 Å². The van der Waals surface area contributed by atoms with Crippen molar-refractivity contribution >= 4 is 21.6 Å². The molecule has 1 heterocycles. The molecule has 3 unspecified atom stereocenters. The Morgan fingerprint density at radius 3 is 3.00 bits per heavy atom. The number of hydrogen-bond donors (Lipinski definition) is 1. The van der Waals surface area contributed by atoms with Crippen LogP contribution >= 0.6 is 15.9 Å². The lowest BCUT2D eigenvalue weighted by Gasteiger charge is -2.36. The first-order chi connectivity index (χ1) is 7.79. The van der Waals surface area contributed by atoms with Crippen molar-refractivity contribution in [2.75, 3.05) is 11.4 Å². The minimum absolute atomic E-state index is 0.563. The zero-order chi connectivity index (χ0) is 11.1. The molecular weight excluding hydrogens is 264 g/mol. The molecule has 2 N–H and O–H groups in total. The lowest BCUT2D eigenvalue weighted by molar-refractivity contribution is 0.435. The number of piperidine rings is 1. The predicted octanol–water partition coefficient (Wildman–Crippen LogP) is 2.77. The van der Waals surface area contributed by atoms with Crippen molar-refractivity contribution in [2.45, 2.75) is 31.3 Å². The van der Waals surface area contributed by atoms with E-state index >= 15 is 0 Å². The summed E-state index contributed by atoms with van der Waals surface area (Å²) in [5.74, 6) is 0.828. The third-order valence-corrected chi connectivity index (χ3v) is 4.58. The summed E-state index contributed by atoms with van der Waals surface area (Å²) in [6.07, 6.45) is 4.05. The molecule has 0 amide bonds. The van der Waals surface area contributed by atoms with Gasteiger partial charge in [-0.05, 0) is 43.4 Å². The molecule has 1 aromatic carbocycles. The molecule has 1 aliphatic heterocycles. The third kappa shape index (κ3) is 1.57. The average Bonchev–Trinajstić information content (AvgIpc) is 2.88. The molecule has 16 heavy (non-hydrogen) atoms. The van der Waals surface area contributed by atoms with Crippen LogP contribution in [-0.4, -0.2) is 18.6 Å². The van der Waals surface area contributed by atoms with Crippen LogP contribution in [0.15, 0.2) is 28.7 Å². The maximum Gasteiger partial charge on any atom is 0.0444 e. The second-order valence-corrected chi connectivity index (χ2v) is 5.83. The van der Waals surface area contributed by atoms with E-state index < -0.39 is 0 Å². The lowest BCUT2D eigenvalue weighted by atomic mass is 9.98. The Labute approximate surface area is 105 Å². The summed E-state index contributed by atoms with van der Waals surface area (Å²) in [6, 6.07) is 9.90. The van der Waals surface area contributed by atoms with Gasteiger partial charge in [-0.25, -0.2) is 0 Å². The van der Waals surface area contributed by atoms with Crippen molar-refractivity contribution in [3.8, 4) is 0 Å². The van der Waals surface area contributed by atoms with E-state index in [1.54, 1.807) is 0 Å². The second kappa shape index (κ2) is 4.04. The van der Waals surface area contributed by atoms with Crippen LogP contribution in [0, 0.1) is 5.92 Å². The Bertz CT molecular complexity index is 393. The van der Waals surface area contributed by atoms with Crippen molar-refractivity contribution in [2.24, 2.45) is 11.7 Å². The van der Waals surface area contributed by atoms with E-state index in [9.17, 15) is 0 Å². The Morgan fingerprint density at radius 2 is 2.25 bits per heavy atom. The quantitative estimate of drug-likeness (QED) is 0.903. The number of fused-ring (bicyclic) bond motifs is 2. The van der Waals surface area contributed by atoms with E-state index in [1.807, 2.05) is 0 Å². The van der Waals surface area contributed by atoms with Crippen LogP contribution in [0.5, 0.6) is 0 Å². The fourth-order valence-corrected chi connectivity index (χ4v) is 3.82. The minimum atomic E-state index is 0.563. The van der Waals surface area contributed by atoms with Gasteiger partial charge in [-0.2, -0.15) is 0 Å². The molecule has 3 atom stereocenters. The van der Waals surface area contributed by atoms with E-state index in [0.29, 0.717) is 6.04 Å². The van der Waals surface area contributed by atoms with Gasteiger partial charge in [0, 0.05) is 28.8 Å². The van der Waals surface area contributed by atoms with Crippen molar-refractivity contribution in [1.29, 1.82) is 0 Å². The monoisotopic (exact) mass is 280 g/mol. The van der Waals surface area contributed by atoms with Crippen LogP contribution in [0.25, 0.3) is 0 Å². The summed E-state index contributed by atoms with van der Waals surface area (Å²) >= 11 is 3.55. The zero-order valence-corrected chi connectivity index (χ0v) is 10.9. The highest BCUT2D eigenvalue weighted by atomic mass is 79.9. The molecule has 2 nitrogen and oxygen atoms in total. The van der Waals surface area contributed by atoms with Gasteiger partial charge in [-0.3, -0.25) is 0 Å². The SMILES string of the molecule is NCC1C2CCC(C2)N1c1cccc(Br)c1. The highest BCUT2D eigenvalue weighted by molar-refractivity contribution is 9.10. The molecule has 3 heteroatoms. The Morgan fingerprint density at radius 1 is 1.38 bits per heavy atom. The topological polar surface area (TPSA) is 29.3 Å². The molecule has 3 rings (SSSR count). The van der Waals surface area contributed by atoms with Crippen molar-refractivity contribution in [3.63, 3.8) is 0 Å². The van der Waals surface area contributed by atoms with Crippen molar-refractivity contribution in [1.82, 2.24) is 0 Å². The van der Waals surface area contributed by atoms with E-state index in [4.69, 9.17) is 5.73 Å². The minimum Gasteiger partial charge on any atom is -0.364 e. The molecule has 2 aliphatic rings. The largest absolute Gasteiger partial charge is 0.364 e. The average molecular weight is 281 g/mol. The van der Waals surface area contributed by atoms with Crippen LogP contribution in [0.4, 0.5) is 5.69 Å². The Kier molecular flexibility index (Phi) is 2.68. The molecule has 1 saturated heterocycles. The first-order valence-electron chi connectivity index (χ1n) is 6.03. The van der Waals surface area contributed by atoms with Gasteiger partial charge in [0.1, 0.15) is 0 Å². The van der Waals surface area contributed by atoms with Crippen LogP contribution in [0.3, 0.4) is 0 Å². The van der Waals surface area contributed by atoms with Crippen LogP contribution in [0.2, 0.25) is 0 Å². The highest BCUT2D eigenvalue weighted by Gasteiger charge is 2.44. The van der Waals surface area contributed by atoms with E-state index in [0.717, 1.165) is 23.0 Å². The van der Waals surface area contributed by atoms with Gasteiger partial charge in [-0.1, -0.05) is 22.0 Å². The van der Waals surface area contributed by atoms with E-state index in [2.05, 4.69) is 45.1 Å². The molecule has 0 radical (unpaired) electrons. The Balaban J connectivity index is 1.94. The standard InChI is InChI=1S/C13H17BrN2/c14-10-2-1-3-11(7-10)16-12-5-4-9(6-12)13(16)8-15/h1-3,7,9,12-13H,4-6,8,15H2. The number of anilines is 1. The molecular formula is C13H17BrN2. The smallest absolute Gasteiger partial charge is 0.0444 e. The van der Waals surface area contributed by atoms with Gasteiger partial charge in [0.05, 0.1) is 0 Å². The summed E-state index contributed by atoms with van der Waals surface area (Å²) in [4.78, 5) is 2.55. The fourth-order valence-electron chi connectivity index (χ4n) is 3.44. The summed E-state index contributed by atoms with van der Waals surface area (Å²) in [5, 5.41) is 0. The third-order valence-electron chi connectivity index (χ3n) is 4.09. The number of nitrogens with two attached hydrogens (primary N) is 1. The van der Waals surface area contributed by atoms with Gasteiger partial charge >= 0.3 is 0 Å². The number of hydrogen-bond acceptors (Lipinski definition) is 2. The summed E-state index contributed by atoms with van der Waals surface area (Å²) in [6.45, 7) is 0.785. The molecule has 0 spiro atoms. The molecule has 0 aromatic heterocycles. The Hall–Kier alpha value is -0.540. The number of rotatable bonds is 2. The van der Waals surface area contributed by atoms with Gasteiger partial charge in [0.2, 0.25) is 0 Å². The summed E-state index contributed by atoms with van der Waals surface area (Å²) in [5.41, 5.74) is 7.26. The van der Waals surface area contributed by atoms with Gasteiger partial charge < -0.3 is 10.6 Å². The van der Waals surface area contributed by atoms with E-state index in [1.165, 1.54) is 24.9 Å². The van der Waals surface area contributed by atoms with Crippen LogP contribution in [0.1, 0.15) is 19.3 Å². The lowest BCUT2D eigenvalue weighted by Crippen LogP contribution is -2.45. The van der Waals surface area contributed by atoms with Crippen LogP contribution in [-0.2, 0) is 0 Å². The molecule has 1 saturated carbocycles. The predicted molar refractivity (Wildman–Crippen MR) is 70.6 cm³/mol. The zero-order valence-electron chi connectivity index (χ0n) is 9.27. The number of nitrogens with zero attached hydrogens (tertiary/aromatic N) is 1. The van der Waals surface area contributed by atoms with Crippen molar-refractivity contribution < 1.29 is 0 Å². The van der Waals surface area contributed by atoms with Crippen molar-refractivity contribution in [3.05, 3.63) is 28.7 Å². The number of benzene rings is 1. The summed E-state index contributed by atoms with van der Waals surface area (Å²) < 4.78 is 1.16. The maximum atomic E-state index is 5.93. The van der Waals surface area contributed by atoms with Crippen LogP contribution < -0.4 is 10.6 Å². The molecule has 1 aromatic rings. The molecule has 1 aliphatic carbocycles. The first kappa shape index (κ1) is 10.6. The molecule has 86 valence electrons.